The second kappa shape index (κ2) is 11.3. The standard InChI is InChI=1S/C23H27N5O3S/c1-4-31-18-12-10-17(11-13-18)24-19(29)14-32-23-26-21(27-28-23)20(15(2)3)25-22(30)16-8-6-5-7-9-16/h5-13,15,20H,4,14H2,1-3H3,(H,24,29)(H,25,30)(H,26,27,28). The molecule has 9 heteroatoms. The smallest absolute Gasteiger partial charge is 0.251 e. The van der Waals surface area contributed by atoms with Gasteiger partial charge in [0, 0.05) is 11.3 Å². The molecule has 0 spiro atoms. The van der Waals surface area contributed by atoms with Crippen LogP contribution in [0.3, 0.4) is 0 Å². The zero-order chi connectivity index (χ0) is 22.9. The second-order valence-corrected chi connectivity index (χ2v) is 8.30. The first kappa shape index (κ1) is 23.3. The summed E-state index contributed by atoms with van der Waals surface area (Å²) in [6.45, 7) is 6.50. The van der Waals surface area contributed by atoms with Gasteiger partial charge < -0.3 is 15.4 Å². The first-order valence-corrected chi connectivity index (χ1v) is 11.4. The fraction of sp³-hybridized carbons (Fsp3) is 0.304. The Balaban J connectivity index is 1.55. The predicted octanol–water partition coefficient (Wildman–Crippen LogP) is 4.06. The normalized spacial score (nSPS) is 11.8. The van der Waals surface area contributed by atoms with Crippen LogP contribution in [-0.2, 0) is 4.79 Å². The number of nitrogens with one attached hydrogen (secondary N) is 3. The molecule has 0 saturated carbocycles. The predicted molar refractivity (Wildman–Crippen MR) is 125 cm³/mol. The lowest BCUT2D eigenvalue weighted by Crippen LogP contribution is -2.32. The molecule has 1 aromatic heterocycles. The van der Waals surface area contributed by atoms with Crippen molar-refractivity contribution in [1.82, 2.24) is 20.5 Å². The highest BCUT2D eigenvalue weighted by molar-refractivity contribution is 7.99. The number of hydrogen-bond donors (Lipinski definition) is 3. The zero-order valence-corrected chi connectivity index (χ0v) is 19.1. The van der Waals surface area contributed by atoms with E-state index in [0.717, 1.165) is 5.75 Å². The Morgan fingerprint density at radius 2 is 1.81 bits per heavy atom. The lowest BCUT2D eigenvalue weighted by atomic mass is 10.0. The van der Waals surface area contributed by atoms with Crippen molar-refractivity contribution >= 4 is 29.3 Å². The molecular formula is C23H27N5O3S. The fourth-order valence-electron chi connectivity index (χ4n) is 2.95. The molecule has 3 rings (SSSR count). The van der Waals surface area contributed by atoms with Crippen LogP contribution in [0, 0.1) is 5.92 Å². The highest BCUT2D eigenvalue weighted by Crippen LogP contribution is 2.22. The van der Waals surface area contributed by atoms with E-state index in [1.165, 1.54) is 11.8 Å². The Labute approximate surface area is 191 Å². The molecule has 1 heterocycles. The lowest BCUT2D eigenvalue weighted by Gasteiger charge is -2.19. The summed E-state index contributed by atoms with van der Waals surface area (Å²) >= 11 is 1.22. The lowest BCUT2D eigenvalue weighted by molar-refractivity contribution is -0.113. The van der Waals surface area contributed by atoms with Crippen molar-refractivity contribution in [1.29, 1.82) is 0 Å². The molecule has 1 atom stereocenters. The highest BCUT2D eigenvalue weighted by atomic mass is 32.2. The van der Waals surface area contributed by atoms with E-state index in [0.29, 0.717) is 28.8 Å². The molecule has 0 saturated heterocycles. The maximum absolute atomic E-state index is 12.5. The summed E-state index contributed by atoms with van der Waals surface area (Å²) in [7, 11) is 0. The van der Waals surface area contributed by atoms with Gasteiger partial charge in [0.15, 0.2) is 0 Å². The van der Waals surface area contributed by atoms with Crippen molar-refractivity contribution in [2.75, 3.05) is 17.7 Å². The van der Waals surface area contributed by atoms with Gasteiger partial charge in [0.2, 0.25) is 11.1 Å². The number of anilines is 1. The summed E-state index contributed by atoms with van der Waals surface area (Å²) in [4.78, 5) is 29.3. The van der Waals surface area contributed by atoms with Crippen molar-refractivity contribution in [3.63, 3.8) is 0 Å². The fourth-order valence-corrected chi connectivity index (χ4v) is 3.56. The number of carbonyl (C=O) groups is 2. The van der Waals surface area contributed by atoms with Gasteiger partial charge >= 0.3 is 0 Å². The van der Waals surface area contributed by atoms with E-state index in [9.17, 15) is 9.59 Å². The highest BCUT2D eigenvalue weighted by Gasteiger charge is 2.23. The van der Waals surface area contributed by atoms with Gasteiger partial charge in [-0.2, -0.15) is 0 Å². The Morgan fingerprint density at radius 3 is 2.47 bits per heavy atom. The molecule has 2 aromatic carbocycles. The Morgan fingerprint density at radius 1 is 1.09 bits per heavy atom. The van der Waals surface area contributed by atoms with Crippen molar-refractivity contribution in [2.45, 2.75) is 32.0 Å². The van der Waals surface area contributed by atoms with Gasteiger partial charge in [0.1, 0.15) is 11.6 Å². The van der Waals surface area contributed by atoms with Crippen LogP contribution in [0.15, 0.2) is 59.8 Å². The molecule has 0 radical (unpaired) electrons. The third kappa shape index (κ3) is 6.58. The molecule has 3 N–H and O–H groups in total. The van der Waals surface area contributed by atoms with Crippen LogP contribution in [0.2, 0.25) is 0 Å². The third-order valence-electron chi connectivity index (χ3n) is 4.55. The zero-order valence-electron chi connectivity index (χ0n) is 18.3. The van der Waals surface area contributed by atoms with E-state index in [1.807, 2.05) is 51.1 Å². The maximum atomic E-state index is 12.5. The summed E-state index contributed by atoms with van der Waals surface area (Å²) in [6, 6.07) is 15.9. The molecule has 3 aromatic rings. The van der Waals surface area contributed by atoms with Gasteiger partial charge in [-0.3, -0.25) is 14.7 Å². The van der Waals surface area contributed by atoms with Gasteiger partial charge in [-0.1, -0.05) is 43.8 Å². The van der Waals surface area contributed by atoms with E-state index >= 15 is 0 Å². The second-order valence-electron chi connectivity index (χ2n) is 7.36. The van der Waals surface area contributed by atoms with Gasteiger partial charge in [-0.05, 0) is 49.2 Å². The van der Waals surface area contributed by atoms with Crippen molar-refractivity contribution in [3.05, 3.63) is 66.0 Å². The third-order valence-corrected chi connectivity index (χ3v) is 5.39. The molecule has 0 fully saturated rings. The van der Waals surface area contributed by atoms with Crippen LogP contribution in [-0.4, -0.2) is 39.4 Å². The Hall–Kier alpha value is -3.33. The van der Waals surface area contributed by atoms with Gasteiger partial charge in [-0.25, -0.2) is 4.98 Å². The Kier molecular flexibility index (Phi) is 8.27. The number of ether oxygens (including phenoxy) is 1. The molecule has 0 bridgehead atoms. The molecule has 0 aliphatic carbocycles. The van der Waals surface area contributed by atoms with Crippen molar-refractivity contribution < 1.29 is 14.3 Å². The number of nitrogens with zero attached hydrogens (tertiary/aromatic N) is 2. The quantitative estimate of drug-likeness (QED) is 0.400. The van der Waals surface area contributed by atoms with Crippen LogP contribution >= 0.6 is 11.8 Å². The SMILES string of the molecule is CCOc1ccc(NC(=O)CSc2n[nH]c(C(NC(=O)c3ccccc3)C(C)C)n2)cc1. The summed E-state index contributed by atoms with van der Waals surface area (Å²) < 4.78 is 5.40. The summed E-state index contributed by atoms with van der Waals surface area (Å²) in [5.74, 6) is 1.22. The summed E-state index contributed by atoms with van der Waals surface area (Å²) in [6.07, 6.45) is 0. The van der Waals surface area contributed by atoms with Crippen molar-refractivity contribution in [2.24, 2.45) is 5.92 Å². The first-order chi connectivity index (χ1) is 15.5. The van der Waals surface area contributed by atoms with Crippen LogP contribution in [0.4, 0.5) is 5.69 Å². The van der Waals surface area contributed by atoms with E-state index in [2.05, 4.69) is 25.8 Å². The number of hydrogen-bond acceptors (Lipinski definition) is 6. The number of aromatic nitrogens is 3. The first-order valence-electron chi connectivity index (χ1n) is 10.4. The van der Waals surface area contributed by atoms with E-state index < -0.39 is 0 Å². The maximum Gasteiger partial charge on any atom is 0.251 e. The number of thioether (sulfide) groups is 1. The summed E-state index contributed by atoms with van der Waals surface area (Å²) in [5, 5.41) is 13.4. The topological polar surface area (TPSA) is 109 Å². The van der Waals surface area contributed by atoms with Crippen LogP contribution < -0.4 is 15.4 Å². The average Bonchev–Trinajstić information content (AvgIpc) is 3.26. The molecule has 8 nitrogen and oxygen atoms in total. The Bertz CT molecular complexity index is 1020. The average molecular weight is 454 g/mol. The van der Waals surface area contributed by atoms with Gasteiger partial charge in [0.05, 0.1) is 18.4 Å². The largest absolute Gasteiger partial charge is 0.494 e. The molecule has 0 aliphatic rings. The van der Waals surface area contributed by atoms with E-state index in [1.54, 1.807) is 24.3 Å². The van der Waals surface area contributed by atoms with Gasteiger partial charge in [0.25, 0.3) is 5.91 Å². The number of aromatic amines is 1. The van der Waals surface area contributed by atoms with Crippen LogP contribution in [0.25, 0.3) is 0 Å². The summed E-state index contributed by atoms with van der Waals surface area (Å²) in [5.41, 5.74) is 1.27. The molecule has 1 unspecified atom stereocenters. The number of H-pyrrole nitrogens is 1. The van der Waals surface area contributed by atoms with Gasteiger partial charge in [-0.15, -0.1) is 5.10 Å². The molecule has 2 amide bonds. The molecular weight excluding hydrogens is 426 g/mol. The molecule has 168 valence electrons. The number of benzene rings is 2. The minimum Gasteiger partial charge on any atom is -0.494 e. The van der Waals surface area contributed by atoms with E-state index in [-0.39, 0.29) is 29.5 Å². The molecule has 0 aliphatic heterocycles. The number of amides is 2. The minimum atomic E-state index is -0.331. The van der Waals surface area contributed by atoms with Crippen LogP contribution in [0.1, 0.15) is 43.0 Å². The van der Waals surface area contributed by atoms with Crippen molar-refractivity contribution in [3.8, 4) is 5.75 Å². The van der Waals surface area contributed by atoms with E-state index in [4.69, 9.17) is 4.74 Å². The molecule has 32 heavy (non-hydrogen) atoms. The number of carbonyl (C=O) groups excluding carboxylic acids is 2. The van der Waals surface area contributed by atoms with Crippen LogP contribution in [0.5, 0.6) is 5.75 Å². The monoisotopic (exact) mass is 453 g/mol. The number of rotatable bonds is 10. The minimum absolute atomic E-state index is 0.0939.